The summed E-state index contributed by atoms with van der Waals surface area (Å²) in [5.74, 6) is -4.39. The van der Waals surface area contributed by atoms with Crippen LogP contribution in [0.4, 0.5) is 8.78 Å². The van der Waals surface area contributed by atoms with Crippen molar-refractivity contribution in [1.29, 1.82) is 0 Å². The molecule has 1 unspecified atom stereocenters. The van der Waals surface area contributed by atoms with Crippen LogP contribution in [-0.4, -0.2) is 18.4 Å². The van der Waals surface area contributed by atoms with Gasteiger partial charge in [-0.15, -0.1) is 0 Å². The Balaban J connectivity index is 2.63. The van der Waals surface area contributed by atoms with Gasteiger partial charge >= 0.3 is 5.92 Å². The van der Waals surface area contributed by atoms with Crippen LogP contribution in [0.15, 0.2) is 0 Å². The molecule has 2 nitrogen and oxygen atoms in total. The Morgan fingerprint density at radius 1 is 1.70 bits per heavy atom. The Kier molecular flexibility index (Phi) is 1.62. The molecule has 1 aliphatic rings. The van der Waals surface area contributed by atoms with Crippen LogP contribution in [0.1, 0.15) is 13.3 Å². The van der Waals surface area contributed by atoms with Crippen molar-refractivity contribution in [3.63, 3.8) is 0 Å². The molecule has 1 N–H and O–H groups in total. The fourth-order valence-corrected chi connectivity index (χ4v) is 0.999. The van der Waals surface area contributed by atoms with Crippen LogP contribution < -0.4 is 5.32 Å². The molecule has 0 aliphatic carbocycles. The number of halogens is 2. The highest BCUT2D eigenvalue weighted by atomic mass is 19.3. The summed E-state index contributed by atoms with van der Waals surface area (Å²) in [7, 11) is 0. The Morgan fingerprint density at radius 2 is 2.30 bits per heavy atom. The lowest BCUT2D eigenvalue weighted by molar-refractivity contribution is -0.152. The lowest BCUT2D eigenvalue weighted by Crippen LogP contribution is -2.48. The van der Waals surface area contributed by atoms with E-state index in [-0.39, 0.29) is 12.3 Å². The molecule has 1 amide bonds. The third kappa shape index (κ3) is 1.25. The van der Waals surface area contributed by atoms with Gasteiger partial charge in [0.2, 0.25) is 0 Å². The van der Waals surface area contributed by atoms with E-state index in [1.165, 1.54) is 0 Å². The first kappa shape index (κ1) is 7.44. The normalized spacial score (nSPS) is 31.5. The fraction of sp³-hybridized carbons (Fsp3) is 0.833. The highest BCUT2D eigenvalue weighted by Gasteiger charge is 2.43. The smallest absolute Gasteiger partial charge is 0.324 e. The van der Waals surface area contributed by atoms with Crippen LogP contribution >= 0.6 is 0 Å². The summed E-state index contributed by atoms with van der Waals surface area (Å²) >= 11 is 0. The third-order valence-electron chi connectivity index (χ3n) is 1.55. The fourth-order valence-electron chi connectivity index (χ4n) is 0.999. The number of nitrogens with one attached hydrogen (secondary N) is 1. The summed E-state index contributed by atoms with van der Waals surface area (Å²) in [4.78, 5) is 10.4. The number of carbonyl (C=O) groups is 1. The number of piperidine rings is 1. The molecule has 58 valence electrons. The van der Waals surface area contributed by atoms with E-state index in [4.69, 9.17) is 0 Å². The molecule has 0 aromatic heterocycles. The first-order chi connectivity index (χ1) is 4.52. The number of hydrogen-bond donors (Lipinski definition) is 1. The largest absolute Gasteiger partial charge is 0.351 e. The van der Waals surface area contributed by atoms with Crippen molar-refractivity contribution in [3.8, 4) is 0 Å². The average molecular weight is 149 g/mol. The van der Waals surface area contributed by atoms with Crippen molar-refractivity contribution in [2.45, 2.75) is 19.3 Å². The highest BCUT2D eigenvalue weighted by molar-refractivity contribution is 5.84. The Bertz CT molecular complexity index is 158. The summed E-state index contributed by atoms with van der Waals surface area (Å²) in [6, 6.07) is 0. The minimum atomic E-state index is -3.14. The number of hydrogen-bond acceptors (Lipinski definition) is 1. The Hall–Kier alpha value is -0.670. The first-order valence-corrected chi connectivity index (χ1v) is 3.18. The van der Waals surface area contributed by atoms with Gasteiger partial charge in [0.25, 0.3) is 5.91 Å². The van der Waals surface area contributed by atoms with Gasteiger partial charge in [0.1, 0.15) is 0 Å². The first-order valence-electron chi connectivity index (χ1n) is 3.18. The SMILES string of the molecule is CC1CNC(=O)C(F)(F)C1. The standard InChI is InChI=1S/C6H9F2NO/c1-4-2-6(7,8)5(10)9-3-4/h4H,2-3H2,1H3,(H,9,10). The van der Waals surface area contributed by atoms with Crippen molar-refractivity contribution in [2.24, 2.45) is 5.92 Å². The van der Waals surface area contributed by atoms with E-state index in [0.717, 1.165) is 0 Å². The molecule has 1 rings (SSSR count). The van der Waals surface area contributed by atoms with E-state index in [0.29, 0.717) is 6.54 Å². The van der Waals surface area contributed by atoms with Crippen LogP contribution in [-0.2, 0) is 4.79 Å². The van der Waals surface area contributed by atoms with E-state index in [1.54, 1.807) is 6.92 Å². The molecule has 0 spiro atoms. The summed E-state index contributed by atoms with van der Waals surface area (Å²) in [5, 5.41) is 2.13. The highest BCUT2D eigenvalue weighted by Crippen LogP contribution is 2.26. The molecular formula is C6H9F2NO. The number of alkyl halides is 2. The molecule has 0 radical (unpaired) electrons. The second-order valence-electron chi connectivity index (χ2n) is 2.72. The van der Waals surface area contributed by atoms with Gasteiger partial charge < -0.3 is 5.32 Å². The van der Waals surface area contributed by atoms with Crippen LogP contribution in [0, 0.1) is 5.92 Å². The van der Waals surface area contributed by atoms with Gasteiger partial charge in [0.15, 0.2) is 0 Å². The summed E-state index contributed by atoms with van der Waals surface area (Å²) in [5.41, 5.74) is 0. The molecule has 1 atom stereocenters. The van der Waals surface area contributed by atoms with Crippen molar-refractivity contribution < 1.29 is 13.6 Å². The van der Waals surface area contributed by atoms with Gasteiger partial charge in [-0.1, -0.05) is 6.92 Å². The van der Waals surface area contributed by atoms with Gasteiger partial charge in [-0.25, -0.2) is 0 Å². The third-order valence-corrected chi connectivity index (χ3v) is 1.55. The van der Waals surface area contributed by atoms with Crippen molar-refractivity contribution >= 4 is 5.91 Å². The predicted molar refractivity (Wildman–Crippen MR) is 31.7 cm³/mol. The molecular weight excluding hydrogens is 140 g/mol. The minimum absolute atomic E-state index is 0.118. The van der Waals surface area contributed by atoms with Crippen molar-refractivity contribution in [1.82, 2.24) is 5.32 Å². The molecule has 0 aromatic rings. The van der Waals surface area contributed by atoms with Crippen LogP contribution in [0.5, 0.6) is 0 Å². The minimum Gasteiger partial charge on any atom is -0.351 e. The number of rotatable bonds is 0. The quantitative estimate of drug-likeness (QED) is 0.541. The van der Waals surface area contributed by atoms with E-state index < -0.39 is 11.8 Å². The van der Waals surface area contributed by atoms with Gasteiger partial charge in [0.05, 0.1) is 0 Å². The molecule has 0 bridgehead atoms. The molecule has 10 heavy (non-hydrogen) atoms. The zero-order valence-electron chi connectivity index (χ0n) is 5.66. The zero-order chi connectivity index (χ0) is 7.78. The summed E-state index contributed by atoms with van der Waals surface area (Å²) < 4.78 is 24.9. The summed E-state index contributed by atoms with van der Waals surface area (Å²) in [6.45, 7) is 2.06. The van der Waals surface area contributed by atoms with Crippen LogP contribution in [0.3, 0.4) is 0 Å². The maximum absolute atomic E-state index is 12.4. The van der Waals surface area contributed by atoms with Crippen LogP contribution in [0.25, 0.3) is 0 Å². The topological polar surface area (TPSA) is 29.1 Å². The monoisotopic (exact) mass is 149 g/mol. The lowest BCUT2D eigenvalue weighted by atomic mass is 9.98. The molecule has 1 heterocycles. The Morgan fingerprint density at radius 3 is 2.70 bits per heavy atom. The van der Waals surface area contributed by atoms with E-state index >= 15 is 0 Å². The lowest BCUT2D eigenvalue weighted by Gasteiger charge is -2.25. The van der Waals surface area contributed by atoms with Crippen molar-refractivity contribution in [3.05, 3.63) is 0 Å². The van der Waals surface area contributed by atoms with Gasteiger partial charge in [0, 0.05) is 13.0 Å². The number of amides is 1. The predicted octanol–water partition coefficient (Wildman–Crippen LogP) is 0.778. The molecule has 1 aliphatic heterocycles. The molecule has 4 heteroatoms. The second kappa shape index (κ2) is 2.18. The van der Waals surface area contributed by atoms with Gasteiger partial charge in [-0.3, -0.25) is 4.79 Å². The maximum Gasteiger partial charge on any atom is 0.324 e. The Labute approximate surface area is 57.6 Å². The maximum atomic E-state index is 12.4. The number of carbonyl (C=O) groups excluding carboxylic acids is 1. The second-order valence-corrected chi connectivity index (χ2v) is 2.72. The van der Waals surface area contributed by atoms with E-state index in [9.17, 15) is 13.6 Å². The van der Waals surface area contributed by atoms with Gasteiger partial charge in [-0.05, 0) is 5.92 Å². The van der Waals surface area contributed by atoms with Crippen LogP contribution in [0.2, 0.25) is 0 Å². The molecule has 1 saturated heterocycles. The molecule has 1 fully saturated rings. The molecule has 0 saturated carbocycles. The average Bonchev–Trinajstić information content (AvgIpc) is 1.78. The molecule has 0 aromatic carbocycles. The zero-order valence-corrected chi connectivity index (χ0v) is 5.66. The van der Waals surface area contributed by atoms with Crippen molar-refractivity contribution in [2.75, 3.05) is 6.54 Å². The van der Waals surface area contributed by atoms with E-state index in [2.05, 4.69) is 5.32 Å². The van der Waals surface area contributed by atoms with Gasteiger partial charge in [-0.2, -0.15) is 8.78 Å². The summed E-state index contributed by atoms with van der Waals surface area (Å²) in [6.07, 6.45) is -0.321. The van der Waals surface area contributed by atoms with E-state index in [1.807, 2.05) is 0 Å².